The number of anilines is 1. The van der Waals surface area contributed by atoms with E-state index in [-0.39, 0.29) is 18.6 Å². The van der Waals surface area contributed by atoms with Gasteiger partial charge in [0.15, 0.2) is 11.5 Å². The molecule has 2 aliphatic heterocycles. The summed E-state index contributed by atoms with van der Waals surface area (Å²) in [5.41, 5.74) is 2.28. The topological polar surface area (TPSA) is 67.9 Å². The summed E-state index contributed by atoms with van der Waals surface area (Å²) in [6.07, 6.45) is 2.59. The van der Waals surface area contributed by atoms with Gasteiger partial charge in [-0.05, 0) is 42.2 Å². The molecule has 1 N–H and O–H groups in total. The Bertz CT molecular complexity index is 886. The second-order valence-corrected chi connectivity index (χ2v) is 7.43. The number of rotatable bonds is 6. The molecule has 0 radical (unpaired) electrons. The molecule has 1 atom stereocenters. The largest absolute Gasteiger partial charge is 0.454 e. The fourth-order valence-corrected chi connectivity index (χ4v) is 3.85. The number of hydrogen-bond donors (Lipinski definition) is 1. The van der Waals surface area contributed by atoms with Crippen LogP contribution in [0, 0.1) is 0 Å². The van der Waals surface area contributed by atoms with Gasteiger partial charge in [-0.25, -0.2) is 0 Å². The van der Waals surface area contributed by atoms with Crippen LogP contribution in [-0.2, 0) is 11.3 Å². The molecule has 0 spiro atoms. The minimum atomic E-state index is -0.525. The maximum Gasteiger partial charge on any atom is 0.255 e. The molecule has 0 aromatic heterocycles. The van der Waals surface area contributed by atoms with Crippen molar-refractivity contribution in [3.63, 3.8) is 0 Å². The van der Waals surface area contributed by atoms with Crippen molar-refractivity contribution < 1.29 is 19.1 Å². The van der Waals surface area contributed by atoms with Crippen LogP contribution in [0.25, 0.3) is 0 Å². The van der Waals surface area contributed by atoms with Gasteiger partial charge in [-0.15, -0.1) is 0 Å². The summed E-state index contributed by atoms with van der Waals surface area (Å²) in [5.74, 6) is 1.79. The van der Waals surface area contributed by atoms with E-state index in [0.29, 0.717) is 35.7 Å². The molecule has 7 heteroatoms. The molecule has 27 heavy (non-hydrogen) atoms. The first-order valence-electron chi connectivity index (χ1n) is 8.75. The number of thioether (sulfide) groups is 1. The highest BCUT2D eigenvalue weighted by atomic mass is 32.2. The highest BCUT2D eigenvalue weighted by molar-refractivity contribution is 7.98. The van der Waals surface area contributed by atoms with Gasteiger partial charge in [0.2, 0.25) is 12.7 Å². The predicted molar refractivity (Wildman–Crippen MR) is 104 cm³/mol. The van der Waals surface area contributed by atoms with E-state index in [1.807, 2.05) is 30.5 Å². The van der Waals surface area contributed by atoms with Crippen LogP contribution in [0.3, 0.4) is 0 Å². The predicted octanol–water partition coefficient (Wildman–Crippen LogP) is 3.13. The first-order valence-corrected chi connectivity index (χ1v) is 10.1. The Morgan fingerprint density at radius 2 is 2.04 bits per heavy atom. The number of carbonyl (C=O) groups is 2. The normalized spacial score (nSPS) is 15.6. The number of amides is 2. The van der Waals surface area contributed by atoms with Crippen molar-refractivity contribution in [2.45, 2.75) is 19.0 Å². The lowest BCUT2D eigenvalue weighted by Crippen LogP contribution is -2.44. The van der Waals surface area contributed by atoms with Gasteiger partial charge in [-0.2, -0.15) is 11.8 Å². The standard InChI is InChI=1S/C20H20N2O4S/c1-27-9-8-16(22-11-13-4-2-3-5-15(13)20(22)24)19(23)21-14-6-7-17-18(10-14)26-12-25-17/h2-7,10,16H,8-9,11-12H2,1H3,(H,21,23)/t16-/m0/s1. The molecule has 4 rings (SSSR count). The van der Waals surface area contributed by atoms with Crippen LogP contribution in [0.15, 0.2) is 42.5 Å². The molecular weight excluding hydrogens is 364 g/mol. The lowest BCUT2D eigenvalue weighted by atomic mass is 10.1. The number of fused-ring (bicyclic) bond motifs is 2. The first-order chi connectivity index (χ1) is 13.2. The molecule has 2 heterocycles. The van der Waals surface area contributed by atoms with Crippen LogP contribution in [0.4, 0.5) is 5.69 Å². The second kappa shape index (κ2) is 7.52. The van der Waals surface area contributed by atoms with Crippen LogP contribution < -0.4 is 14.8 Å². The molecule has 6 nitrogen and oxygen atoms in total. The van der Waals surface area contributed by atoms with E-state index in [9.17, 15) is 9.59 Å². The molecular formula is C20H20N2O4S. The van der Waals surface area contributed by atoms with E-state index in [1.165, 1.54) is 0 Å². The van der Waals surface area contributed by atoms with Crippen molar-refractivity contribution in [3.05, 3.63) is 53.6 Å². The van der Waals surface area contributed by atoms with Gasteiger partial charge in [0, 0.05) is 23.9 Å². The van der Waals surface area contributed by atoms with Gasteiger partial charge in [-0.1, -0.05) is 18.2 Å². The summed E-state index contributed by atoms with van der Waals surface area (Å²) >= 11 is 1.66. The Hall–Kier alpha value is -2.67. The molecule has 2 aliphatic rings. The van der Waals surface area contributed by atoms with Crippen LogP contribution in [0.2, 0.25) is 0 Å². The lowest BCUT2D eigenvalue weighted by molar-refractivity contribution is -0.120. The molecule has 0 saturated carbocycles. The van der Waals surface area contributed by atoms with E-state index in [0.717, 1.165) is 11.3 Å². The molecule has 2 amide bonds. The van der Waals surface area contributed by atoms with Gasteiger partial charge in [-0.3, -0.25) is 9.59 Å². The molecule has 2 aromatic rings. The van der Waals surface area contributed by atoms with Crippen LogP contribution in [0.5, 0.6) is 11.5 Å². The van der Waals surface area contributed by atoms with Crippen LogP contribution in [0.1, 0.15) is 22.3 Å². The first kappa shape index (κ1) is 17.7. The van der Waals surface area contributed by atoms with Gasteiger partial charge in [0.25, 0.3) is 5.91 Å². The number of nitrogens with zero attached hydrogens (tertiary/aromatic N) is 1. The third-order valence-corrected chi connectivity index (χ3v) is 5.41. The van der Waals surface area contributed by atoms with Crippen LogP contribution >= 0.6 is 11.8 Å². The van der Waals surface area contributed by atoms with Gasteiger partial charge < -0.3 is 19.7 Å². The zero-order valence-corrected chi connectivity index (χ0v) is 15.8. The van der Waals surface area contributed by atoms with Crippen molar-refractivity contribution >= 4 is 29.3 Å². The number of ether oxygens (including phenoxy) is 2. The summed E-state index contributed by atoms with van der Waals surface area (Å²) < 4.78 is 10.7. The highest BCUT2D eigenvalue weighted by Crippen LogP contribution is 2.34. The zero-order chi connectivity index (χ0) is 18.8. The smallest absolute Gasteiger partial charge is 0.255 e. The van der Waals surface area contributed by atoms with Gasteiger partial charge in [0.1, 0.15) is 6.04 Å². The summed E-state index contributed by atoms with van der Waals surface area (Å²) in [5, 5.41) is 2.93. The maximum atomic E-state index is 13.0. The summed E-state index contributed by atoms with van der Waals surface area (Å²) in [7, 11) is 0. The van der Waals surface area contributed by atoms with E-state index in [2.05, 4.69) is 5.32 Å². The SMILES string of the molecule is CSCC[C@@H](C(=O)Nc1ccc2c(c1)OCO2)N1Cc2ccccc2C1=O. The lowest BCUT2D eigenvalue weighted by Gasteiger charge is -2.26. The summed E-state index contributed by atoms with van der Waals surface area (Å²) in [4.78, 5) is 27.5. The van der Waals surface area contributed by atoms with Crippen molar-refractivity contribution in [2.24, 2.45) is 0 Å². The highest BCUT2D eigenvalue weighted by Gasteiger charge is 2.36. The summed E-state index contributed by atoms with van der Waals surface area (Å²) in [6, 6.07) is 12.3. The second-order valence-electron chi connectivity index (χ2n) is 6.44. The van der Waals surface area contributed by atoms with Crippen molar-refractivity contribution in [3.8, 4) is 11.5 Å². The van der Waals surface area contributed by atoms with E-state index < -0.39 is 6.04 Å². The van der Waals surface area contributed by atoms with Crippen molar-refractivity contribution in [2.75, 3.05) is 24.1 Å². The minimum Gasteiger partial charge on any atom is -0.454 e. The zero-order valence-electron chi connectivity index (χ0n) is 14.9. The summed E-state index contributed by atoms with van der Waals surface area (Å²) in [6.45, 7) is 0.645. The number of benzene rings is 2. The Balaban J connectivity index is 1.53. The minimum absolute atomic E-state index is 0.0856. The molecule has 0 saturated heterocycles. The van der Waals surface area contributed by atoms with E-state index in [1.54, 1.807) is 34.9 Å². The van der Waals surface area contributed by atoms with E-state index in [4.69, 9.17) is 9.47 Å². The Labute approximate surface area is 161 Å². The quantitative estimate of drug-likeness (QED) is 0.829. The van der Waals surface area contributed by atoms with Crippen LogP contribution in [-0.4, -0.2) is 41.6 Å². The average Bonchev–Trinajstić information content (AvgIpc) is 3.27. The fourth-order valence-electron chi connectivity index (χ4n) is 3.39. The number of hydrogen-bond acceptors (Lipinski definition) is 5. The molecule has 0 bridgehead atoms. The number of carbonyl (C=O) groups excluding carboxylic acids is 2. The molecule has 0 unspecified atom stereocenters. The van der Waals surface area contributed by atoms with E-state index >= 15 is 0 Å². The molecule has 140 valence electrons. The van der Waals surface area contributed by atoms with Gasteiger partial charge in [0.05, 0.1) is 0 Å². The van der Waals surface area contributed by atoms with Crippen molar-refractivity contribution in [1.82, 2.24) is 4.90 Å². The monoisotopic (exact) mass is 384 g/mol. The number of nitrogens with one attached hydrogen (secondary N) is 1. The Kier molecular flexibility index (Phi) is 4.94. The maximum absolute atomic E-state index is 13.0. The molecule has 0 aliphatic carbocycles. The molecule has 0 fully saturated rings. The molecule has 2 aromatic carbocycles. The fraction of sp³-hybridized carbons (Fsp3) is 0.300. The Morgan fingerprint density at radius 1 is 1.22 bits per heavy atom. The third-order valence-electron chi connectivity index (χ3n) is 4.76. The Morgan fingerprint density at radius 3 is 2.85 bits per heavy atom. The van der Waals surface area contributed by atoms with Gasteiger partial charge >= 0.3 is 0 Å². The average molecular weight is 384 g/mol. The third kappa shape index (κ3) is 3.47. The van der Waals surface area contributed by atoms with Crippen molar-refractivity contribution in [1.29, 1.82) is 0 Å².